The van der Waals surface area contributed by atoms with E-state index in [9.17, 15) is 9.59 Å². The summed E-state index contributed by atoms with van der Waals surface area (Å²) in [7, 11) is 0. The number of aryl methyl sites for hydroxylation is 1. The number of esters is 1. The summed E-state index contributed by atoms with van der Waals surface area (Å²) in [4.78, 5) is 27.4. The van der Waals surface area contributed by atoms with E-state index in [1.54, 1.807) is 13.0 Å². The highest BCUT2D eigenvalue weighted by molar-refractivity contribution is 6.30. The van der Waals surface area contributed by atoms with E-state index in [1.165, 1.54) is 25.3 Å². The molecule has 2 aromatic heterocycles. The van der Waals surface area contributed by atoms with E-state index < -0.39 is 18.0 Å². The minimum atomic E-state index is -1.01. The van der Waals surface area contributed by atoms with Crippen LogP contribution in [0.1, 0.15) is 12.7 Å². The highest BCUT2D eigenvalue weighted by atomic mass is 35.5. The Balaban J connectivity index is 1.78. The molecule has 9 heteroatoms. The number of rotatable bonds is 6. The monoisotopic (exact) mass is 339 g/mol. The van der Waals surface area contributed by atoms with Gasteiger partial charge in [0, 0.05) is 12.3 Å². The van der Waals surface area contributed by atoms with Gasteiger partial charge in [0.1, 0.15) is 11.6 Å². The van der Waals surface area contributed by atoms with Crippen molar-refractivity contribution in [1.82, 2.24) is 10.1 Å². The molecule has 0 aromatic carbocycles. The van der Waals surface area contributed by atoms with Crippen LogP contribution in [0.25, 0.3) is 0 Å². The van der Waals surface area contributed by atoms with Crippen molar-refractivity contribution in [1.29, 1.82) is 0 Å². The van der Waals surface area contributed by atoms with Gasteiger partial charge in [-0.2, -0.15) is 0 Å². The predicted octanol–water partition coefficient (Wildman–Crippen LogP) is 1.98. The van der Waals surface area contributed by atoms with E-state index in [0.29, 0.717) is 16.6 Å². The van der Waals surface area contributed by atoms with Crippen molar-refractivity contribution in [2.45, 2.75) is 20.0 Å². The normalized spacial score (nSPS) is 11.6. The highest BCUT2D eigenvalue weighted by Gasteiger charge is 2.19. The van der Waals surface area contributed by atoms with Crippen molar-refractivity contribution in [3.05, 3.63) is 35.2 Å². The minimum Gasteiger partial charge on any atom is -0.463 e. The van der Waals surface area contributed by atoms with Gasteiger partial charge >= 0.3 is 5.97 Å². The lowest BCUT2D eigenvalue weighted by Crippen LogP contribution is -2.31. The maximum atomic E-state index is 11.9. The first-order valence-corrected chi connectivity index (χ1v) is 7.00. The maximum Gasteiger partial charge on any atom is 0.345 e. The lowest BCUT2D eigenvalue weighted by atomic mass is 10.3. The summed E-state index contributed by atoms with van der Waals surface area (Å²) >= 11 is 5.70. The Morgan fingerprint density at radius 1 is 1.43 bits per heavy atom. The van der Waals surface area contributed by atoms with E-state index in [2.05, 4.69) is 15.5 Å². The molecule has 0 fully saturated rings. The number of carbonyl (C=O) groups excluding carboxylic acids is 2. The zero-order valence-corrected chi connectivity index (χ0v) is 13.2. The first kappa shape index (κ1) is 16.8. The average Bonchev–Trinajstić information content (AvgIpc) is 2.93. The molecule has 122 valence electrons. The van der Waals surface area contributed by atoms with Crippen LogP contribution >= 0.6 is 11.6 Å². The van der Waals surface area contributed by atoms with Crippen molar-refractivity contribution in [3.63, 3.8) is 0 Å². The molecule has 2 rings (SSSR count). The number of hydrogen-bond donors (Lipinski definition) is 1. The standard InChI is InChI=1S/C14H14ClN3O5/c1-8-5-12(18-23-8)21-7-13(19)22-9(2)14(20)17-11-4-3-10(15)6-16-11/h3-6,9H,7H2,1-2H3,(H,16,17,20)/t9-/m1/s1. The summed E-state index contributed by atoms with van der Waals surface area (Å²) in [5.41, 5.74) is 0. The van der Waals surface area contributed by atoms with Crippen molar-refractivity contribution in [3.8, 4) is 5.88 Å². The summed E-state index contributed by atoms with van der Waals surface area (Å²) < 4.78 is 14.8. The molecule has 0 unspecified atom stereocenters. The summed E-state index contributed by atoms with van der Waals surface area (Å²) in [5.74, 6) is -0.210. The van der Waals surface area contributed by atoms with Gasteiger partial charge in [-0.1, -0.05) is 11.6 Å². The average molecular weight is 340 g/mol. The Hall–Kier alpha value is -2.61. The van der Waals surface area contributed by atoms with Crippen LogP contribution < -0.4 is 10.1 Å². The van der Waals surface area contributed by atoms with E-state index >= 15 is 0 Å². The Kier molecular flexibility index (Phi) is 5.53. The number of hydrogen-bond acceptors (Lipinski definition) is 7. The molecule has 0 aliphatic heterocycles. The first-order chi connectivity index (χ1) is 10.9. The Labute approximate surface area is 136 Å². The highest BCUT2D eigenvalue weighted by Crippen LogP contribution is 2.11. The molecule has 2 aromatic rings. The fourth-order valence-electron chi connectivity index (χ4n) is 1.51. The Bertz CT molecular complexity index is 686. The molecule has 0 spiro atoms. The number of nitrogens with one attached hydrogen (secondary N) is 1. The quantitative estimate of drug-likeness (QED) is 0.802. The number of amides is 1. The van der Waals surface area contributed by atoms with Gasteiger partial charge in [0.25, 0.3) is 11.8 Å². The van der Waals surface area contributed by atoms with Crippen LogP contribution in [0.3, 0.4) is 0 Å². The number of pyridine rings is 1. The molecular formula is C14H14ClN3O5. The van der Waals surface area contributed by atoms with Crippen LogP contribution in [0, 0.1) is 6.92 Å². The van der Waals surface area contributed by atoms with Gasteiger partial charge < -0.3 is 19.3 Å². The Morgan fingerprint density at radius 3 is 2.83 bits per heavy atom. The SMILES string of the molecule is Cc1cc(OCC(=O)O[C@H](C)C(=O)Nc2ccc(Cl)cn2)no1. The van der Waals surface area contributed by atoms with Gasteiger partial charge in [0.2, 0.25) is 0 Å². The fourth-order valence-corrected chi connectivity index (χ4v) is 1.62. The van der Waals surface area contributed by atoms with Gasteiger partial charge in [0.05, 0.1) is 5.02 Å². The molecule has 0 bridgehead atoms. The van der Waals surface area contributed by atoms with Gasteiger partial charge in [-0.3, -0.25) is 4.79 Å². The summed E-state index contributed by atoms with van der Waals surface area (Å²) in [5, 5.41) is 6.51. The number of ether oxygens (including phenoxy) is 2. The van der Waals surface area contributed by atoms with Crippen LogP contribution in [0.5, 0.6) is 5.88 Å². The second-order valence-corrected chi connectivity index (χ2v) is 4.98. The van der Waals surface area contributed by atoms with Crippen molar-refractivity contribution < 1.29 is 23.6 Å². The smallest absolute Gasteiger partial charge is 0.345 e. The van der Waals surface area contributed by atoms with Gasteiger partial charge in [-0.05, 0) is 31.1 Å². The fraction of sp³-hybridized carbons (Fsp3) is 0.286. The number of halogens is 1. The van der Waals surface area contributed by atoms with E-state index in [0.717, 1.165) is 0 Å². The summed E-state index contributed by atoms with van der Waals surface area (Å²) in [6.45, 7) is 2.74. The summed E-state index contributed by atoms with van der Waals surface area (Å²) in [6, 6.07) is 4.63. The molecule has 2 heterocycles. The van der Waals surface area contributed by atoms with E-state index in [-0.39, 0.29) is 12.5 Å². The van der Waals surface area contributed by atoms with Crippen LogP contribution in [0.15, 0.2) is 28.9 Å². The molecule has 1 atom stereocenters. The van der Waals surface area contributed by atoms with Crippen molar-refractivity contribution in [2.75, 3.05) is 11.9 Å². The van der Waals surface area contributed by atoms with Gasteiger partial charge in [-0.15, -0.1) is 0 Å². The molecule has 0 radical (unpaired) electrons. The second-order valence-electron chi connectivity index (χ2n) is 4.55. The third-order valence-electron chi connectivity index (χ3n) is 2.60. The molecule has 8 nitrogen and oxygen atoms in total. The first-order valence-electron chi connectivity index (χ1n) is 6.62. The van der Waals surface area contributed by atoms with Crippen molar-refractivity contribution in [2.24, 2.45) is 0 Å². The molecule has 1 N–H and O–H groups in total. The van der Waals surface area contributed by atoms with Crippen LogP contribution in [-0.2, 0) is 14.3 Å². The predicted molar refractivity (Wildman–Crippen MR) is 80.2 cm³/mol. The third-order valence-corrected chi connectivity index (χ3v) is 2.82. The number of carbonyl (C=O) groups is 2. The lowest BCUT2D eigenvalue weighted by Gasteiger charge is -2.13. The number of aromatic nitrogens is 2. The largest absolute Gasteiger partial charge is 0.463 e. The van der Waals surface area contributed by atoms with Crippen LogP contribution in [0.2, 0.25) is 5.02 Å². The van der Waals surface area contributed by atoms with Crippen LogP contribution in [-0.4, -0.2) is 34.7 Å². The Morgan fingerprint density at radius 2 is 2.22 bits per heavy atom. The topological polar surface area (TPSA) is 104 Å². The third kappa shape index (κ3) is 5.26. The van der Waals surface area contributed by atoms with Gasteiger partial charge in [0.15, 0.2) is 12.7 Å². The lowest BCUT2D eigenvalue weighted by molar-refractivity contribution is -0.155. The molecule has 0 saturated carbocycles. The number of nitrogens with zero attached hydrogens (tertiary/aromatic N) is 2. The zero-order chi connectivity index (χ0) is 16.8. The second kappa shape index (κ2) is 7.59. The maximum absolute atomic E-state index is 11.9. The van der Waals surface area contributed by atoms with E-state index in [4.69, 9.17) is 25.6 Å². The van der Waals surface area contributed by atoms with Crippen LogP contribution in [0.4, 0.5) is 5.82 Å². The van der Waals surface area contributed by atoms with E-state index in [1.807, 2.05) is 0 Å². The molecule has 0 aliphatic carbocycles. The zero-order valence-electron chi connectivity index (χ0n) is 12.4. The van der Waals surface area contributed by atoms with Crippen molar-refractivity contribution >= 4 is 29.3 Å². The molecule has 0 aliphatic rings. The summed E-state index contributed by atoms with van der Waals surface area (Å²) in [6.07, 6.45) is 0.379. The van der Waals surface area contributed by atoms with Gasteiger partial charge in [-0.25, -0.2) is 9.78 Å². The minimum absolute atomic E-state index is 0.168. The molecule has 1 amide bonds. The molecule has 0 saturated heterocycles. The molecule has 23 heavy (non-hydrogen) atoms. The number of anilines is 1. The molecular weight excluding hydrogens is 326 g/mol.